The molecule has 1 rings (SSSR count). The van der Waals surface area contributed by atoms with Crippen molar-refractivity contribution in [2.24, 2.45) is 5.92 Å². The third-order valence-electron chi connectivity index (χ3n) is 1.63. The molecule has 0 radical (unpaired) electrons. The molecule has 3 N–H and O–H groups in total. The highest BCUT2D eigenvalue weighted by Gasteiger charge is 2.08. The van der Waals surface area contributed by atoms with Gasteiger partial charge in [-0.15, -0.1) is 0 Å². The minimum atomic E-state index is -0.310. The molecule has 1 heterocycles. The number of aromatic hydroxyl groups is 1. The van der Waals surface area contributed by atoms with Gasteiger partial charge in [-0.1, -0.05) is 13.8 Å². The number of aromatic nitrogens is 2. The standard InChI is InChI=1S/C8H12N2O2S/c1-4(2)3-5-6(11)9-8(13)10-7(5)12/h4H,3H2,1-2H3,(H3,9,10,11,12,13). The van der Waals surface area contributed by atoms with E-state index in [4.69, 9.17) is 0 Å². The molecule has 1 aromatic rings. The molecule has 0 aliphatic heterocycles. The van der Waals surface area contributed by atoms with E-state index < -0.39 is 0 Å². The van der Waals surface area contributed by atoms with Crippen LogP contribution in [0.4, 0.5) is 0 Å². The van der Waals surface area contributed by atoms with Gasteiger partial charge in [-0.05, 0) is 24.6 Å². The summed E-state index contributed by atoms with van der Waals surface area (Å²) in [6.45, 7) is 3.95. The number of rotatable bonds is 2. The molecule has 0 unspecified atom stereocenters. The number of nitrogens with one attached hydrogen (secondary N) is 2. The molecule has 0 aliphatic rings. The summed E-state index contributed by atoms with van der Waals surface area (Å²) in [4.78, 5) is 16.2. The number of hydrogen-bond acceptors (Lipinski definition) is 3. The fourth-order valence-corrected chi connectivity index (χ4v) is 1.29. The minimum Gasteiger partial charge on any atom is -0.494 e. The molecule has 4 nitrogen and oxygen atoms in total. The van der Waals surface area contributed by atoms with E-state index in [1.807, 2.05) is 13.8 Å². The van der Waals surface area contributed by atoms with Crippen LogP contribution in [0, 0.1) is 10.7 Å². The summed E-state index contributed by atoms with van der Waals surface area (Å²) in [5.74, 6) is 0.193. The maximum atomic E-state index is 11.3. The molecule has 0 fully saturated rings. The molecule has 1 aromatic heterocycles. The van der Waals surface area contributed by atoms with E-state index in [0.29, 0.717) is 17.9 Å². The molecule has 0 aromatic carbocycles. The van der Waals surface area contributed by atoms with E-state index in [1.165, 1.54) is 0 Å². The Morgan fingerprint density at radius 2 is 2.08 bits per heavy atom. The van der Waals surface area contributed by atoms with E-state index >= 15 is 0 Å². The van der Waals surface area contributed by atoms with Crippen molar-refractivity contribution < 1.29 is 5.11 Å². The third kappa shape index (κ3) is 2.42. The van der Waals surface area contributed by atoms with Gasteiger partial charge in [0.15, 0.2) is 10.7 Å². The average Bonchev–Trinajstić information content (AvgIpc) is 1.96. The van der Waals surface area contributed by atoms with Gasteiger partial charge in [0, 0.05) is 0 Å². The molecule has 0 spiro atoms. The molecule has 0 aliphatic carbocycles. The minimum absolute atomic E-state index is 0.123. The Balaban J connectivity index is 3.22. The van der Waals surface area contributed by atoms with Gasteiger partial charge in [0.1, 0.15) is 0 Å². The topological polar surface area (TPSA) is 68.9 Å². The Hall–Kier alpha value is -1.10. The van der Waals surface area contributed by atoms with Crippen molar-refractivity contribution in [1.82, 2.24) is 9.97 Å². The van der Waals surface area contributed by atoms with Crippen molar-refractivity contribution in [2.75, 3.05) is 0 Å². The summed E-state index contributed by atoms with van der Waals surface area (Å²) < 4.78 is 0.148. The Labute approximate surface area is 80.6 Å². The predicted octanol–water partition coefficient (Wildman–Crippen LogP) is 1.34. The quantitative estimate of drug-likeness (QED) is 0.631. The fourth-order valence-electron chi connectivity index (χ4n) is 1.10. The largest absolute Gasteiger partial charge is 0.494 e. The Kier molecular flexibility index (Phi) is 2.87. The molecular formula is C8H12N2O2S. The van der Waals surface area contributed by atoms with E-state index in [2.05, 4.69) is 22.2 Å². The summed E-state index contributed by atoms with van der Waals surface area (Å²) >= 11 is 4.69. The predicted molar refractivity (Wildman–Crippen MR) is 52.5 cm³/mol. The molecule has 0 atom stereocenters. The second kappa shape index (κ2) is 3.74. The summed E-state index contributed by atoms with van der Waals surface area (Å²) in [6.07, 6.45) is 0.535. The highest BCUT2D eigenvalue weighted by atomic mass is 32.1. The first-order valence-electron chi connectivity index (χ1n) is 4.05. The van der Waals surface area contributed by atoms with Crippen molar-refractivity contribution in [2.45, 2.75) is 20.3 Å². The van der Waals surface area contributed by atoms with Gasteiger partial charge in [-0.3, -0.25) is 9.78 Å². The van der Waals surface area contributed by atoms with E-state index in [0.717, 1.165) is 0 Å². The average molecular weight is 200 g/mol. The molecular weight excluding hydrogens is 188 g/mol. The molecule has 13 heavy (non-hydrogen) atoms. The van der Waals surface area contributed by atoms with Crippen LogP contribution in [0.3, 0.4) is 0 Å². The van der Waals surface area contributed by atoms with Gasteiger partial charge in [0.05, 0.1) is 5.56 Å². The van der Waals surface area contributed by atoms with Gasteiger partial charge in [-0.25, -0.2) is 0 Å². The van der Waals surface area contributed by atoms with Gasteiger partial charge >= 0.3 is 0 Å². The summed E-state index contributed by atoms with van der Waals surface area (Å²) in [6, 6.07) is 0. The summed E-state index contributed by atoms with van der Waals surface area (Å²) in [5.41, 5.74) is 0.0542. The van der Waals surface area contributed by atoms with Gasteiger partial charge in [-0.2, -0.15) is 0 Å². The smallest absolute Gasteiger partial charge is 0.258 e. The van der Waals surface area contributed by atoms with Crippen LogP contribution in [0.1, 0.15) is 19.4 Å². The lowest BCUT2D eigenvalue weighted by Crippen LogP contribution is -2.15. The molecule has 5 heteroatoms. The zero-order valence-electron chi connectivity index (χ0n) is 7.55. The van der Waals surface area contributed by atoms with Crippen molar-refractivity contribution in [3.63, 3.8) is 0 Å². The summed E-state index contributed by atoms with van der Waals surface area (Å²) in [7, 11) is 0. The molecule has 0 saturated heterocycles. The number of aromatic amines is 2. The Morgan fingerprint density at radius 3 is 2.54 bits per heavy atom. The second-order valence-corrected chi connectivity index (χ2v) is 3.74. The normalized spacial score (nSPS) is 10.7. The third-order valence-corrected chi connectivity index (χ3v) is 1.84. The highest BCUT2D eigenvalue weighted by molar-refractivity contribution is 7.71. The van der Waals surface area contributed by atoms with Crippen LogP contribution < -0.4 is 5.56 Å². The Morgan fingerprint density at radius 1 is 1.46 bits per heavy atom. The van der Waals surface area contributed by atoms with E-state index in [1.54, 1.807) is 0 Å². The maximum Gasteiger partial charge on any atom is 0.258 e. The molecule has 72 valence electrons. The second-order valence-electron chi connectivity index (χ2n) is 3.33. The van der Waals surface area contributed by atoms with Crippen LogP contribution in [-0.2, 0) is 6.42 Å². The monoisotopic (exact) mass is 200 g/mol. The van der Waals surface area contributed by atoms with Gasteiger partial charge in [0.2, 0.25) is 0 Å². The van der Waals surface area contributed by atoms with Crippen molar-refractivity contribution in [3.05, 3.63) is 20.7 Å². The lowest BCUT2D eigenvalue weighted by Gasteiger charge is -2.05. The van der Waals surface area contributed by atoms with Crippen molar-refractivity contribution >= 4 is 12.2 Å². The molecule has 0 amide bonds. The number of H-pyrrole nitrogens is 2. The lowest BCUT2D eigenvalue weighted by molar-refractivity contribution is 0.436. The van der Waals surface area contributed by atoms with E-state index in [-0.39, 0.29) is 16.2 Å². The van der Waals surface area contributed by atoms with Crippen LogP contribution in [0.5, 0.6) is 5.88 Å². The maximum absolute atomic E-state index is 11.3. The van der Waals surface area contributed by atoms with Crippen LogP contribution in [0.25, 0.3) is 0 Å². The number of hydrogen-bond donors (Lipinski definition) is 3. The zero-order chi connectivity index (χ0) is 10.0. The summed E-state index contributed by atoms with van der Waals surface area (Å²) in [5, 5.41) is 9.38. The fraction of sp³-hybridized carbons (Fsp3) is 0.500. The highest BCUT2D eigenvalue weighted by Crippen LogP contribution is 2.11. The first-order valence-corrected chi connectivity index (χ1v) is 4.46. The SMILES string of the molecule is CC(C)Cc1c(O)[nH]c(=S)[nH]c1=O. The van der Waals surface area contributed by atoms with Crippen LogP contribution >= 0.6 is 12.2 Å². The first kappa shape index (κ1) is 9.98. The zero-order valence-corrected chi connectivity index (χ0v) is 8.36. The van der Waals surface area contributed by atoms with Crippen LogP contribution in [-0.4, -0.2) is 15.1 Å². The van der Waals surface area contributed by atoms with Crippen molar-refractivity contribution in [3.8, 4) is 5.88 Å². The molecule has 0 saturated carbocycles. The lowest BCUT2D eigenvalue weighted by atomic mass is 10.1. The van der Waals surface area contributed by atoms with Crippen LogP contribution in [0.2, 0.25) is 0 Å². The molecule has 0 bridgehead atoms. The van der Waals surface area contributed by atoms with Gasteiger partial charge in [0.25, 0.3) is 5.56 Å². The Bertz CT molecular complexity index is 405. The van der Waals surface area contributed by atoms with Gasteiger partial charge < -0.3 is 10.1 Å². The van der Waals surface area contributed by atoms with E-state index in [9.17, 15) is 9.90 Å². The van der Waals surface area contributed by atoms with Crippen LogP contribution in [0.15, 0.2) is 4.79 Å². The first-order chi connectivity index (χ1) is 6.00. The van der Waals surface area contributed by atoms with Crippen molar-refractivity contribution in [1.29, 1.82) is 0 Å².